The second-order valence-electron chi connectivity index (χ2n) is 4.28. The molecule has 0 aromatic carbocycles. The Morgan fingerprint density at radius 2 is 2.07 bits per heavy atom. The summed E-state index contributed by atoms with van der Waals surface area (Å²) in [6, 6.07) is 0. The maximum Gasteiger partial charge on any atom is 0.295 e. The van der Waals surface area contributed by atoms with Crippen LogP contribution in [0, 0.1) is 17.3 Å². The molecule has 1 aliphatic rings. The van der Waals surface area contributed by atoms with Gasteiger partial charge in [0, 0.05) is 12.0 Å². The van der Waals surface area contributed by atoms with Gasteiger partial charge in [-0.1, -0.05) is 25.2 Å². The lowest BCUT2D eigenvalue weighted by atomic mass is 9.74. The Morgan fingerprint density at radius 1 is 1.40 bits per heavy atom. The summed E-state index contributed by atoms with van der Waals surface area (Å²) in [5.74, 6) is 4.77. The maximum atomic E-state index is 11.2. The van der Waals surface area contributed by atoms with Crippen molar-refractivity contribution in [2.75, 3.05) is 13.2 Å². The van der Waals surface area contributed by atoms with E-state index >= 15 is 0 Å². The fraction of sp³-hybridized carbons (Fsp3) is 0.750. The average molecular weight is 209 g/mol. The van der Waals surface area contributed by atoms with Crippen LogP contribution in [0.3, 0.4) is 0 Å². The summed E-state index contributed by atoms with van der Waals surface area (Å²) in [7, 11) is 0. The summed E-state index contributed by atoms with van der Waals surface area (Å²) in [5, 5.41) is 12.2. The predicted molar refractivity (Wildman–Crippen MR) is 59.1 cm³/mol. The van der Waals surface area contributed by atoms with Crippen molar-refractivity contribution in [2.24, 2.45) is 5.41 Å². The highest BCUT2D eigenvalue weighted by Gasteiger charge is 2.31. The van der Waals surface area contributed by atoms with Crippen LogP contribution in [-0.4, -0.2) is 24.2 Å². The Bertz CT molecular complexity index is 269. The van der Waals surface area contributed by atoms with Crippen molar-refractivity contribution in [3.63, 3.8) is 0 Å². The van der Waals surface area contributed by atoms with E-state index in [-0.39, 0.29) is 17.9 Å². The minimum atomic E-state index is -0.240. The Morgan fingerprint density at radius 3 is 2.60 bits per heavy atom. The summed E-state index contributed by atoms with van der Waals surface area (Å²) in [5.41, 5.74) is -0.0939. The lowest BCUT2D eigenvalue weighted by Gasteiger charge is -2.35. The molecule has 1 amide bonds. The minimum Gasteiger partial charge on any atom is -0.396 e. The molecule has 1 fully saturated rings. The molecule has 0 radical (unpaired) electrons. The van der Waals surface area contributed by atoms with E-state index in [1.807, 2.05) is 0 Å². The molecule has 2 N–H and O–H groups in total. The summed E-state index contributed by atoms with van der Waals surface area (Å²) < 4.78 is 0. The molecular weight excluding hydrogens is 190 g/mol. The molecular formula is C12H19NO2. The number of aliphatic hydroxyl groups excluding tert-OH is 1. The highest BCUT2D eigenvalue weighted by atomic mass is 16.3. The van der Waals surface area contributed by atoms with Gasteiger partial charge in [-0.15, -0.1) is 0 Å². The molecule has 0 spiro atoms. The Balaban J connectivity index is 2.44. The van der Waals surface area contributed by atoms with Gasteiger partial charge in [-0.3, -0.25) is 4.79 Å². The van der Waals surface area contributed by atoms with Crippen LogP contribution < -0.4 is 5.32 Å². The van der Waals surface area contributed by atoms with Gasteiger partial charge in [0.2, 0.25) is 0 Å². The van der Waals surface area contributed by atoms with E-state index < -0.39 is 0 Å². The van der Waals surface area contributed by atoms with Crippen LogP contribution in [0.25, 0.3) is 0 Å². The molecule has 84 valence electrons. The molecule has 1 rings (SSSR count). The van der Waals surface area contributed by atoms with Crippen molar-refractivity contribution >= 4 is 5.91 Å². The quantitative estimate of drug-likeness (QED) is 0.683. The number of amides is 1. The molecule has 3 nitrogen and oxygen atoms in total. The predicted octanol–water partition coefficient (Wildman–Crippen LogP) is 1.07. The summed E-state index contributed by atoms with van der Waals surface area (Å²) in [6.07, 6.45) is 5.54. The van der Waals surface area contributed by atoms with Crippen LogP contribution >= 0.6 is 0 Å². The molecule has 15 heavy (non-hydrogen) atoms. The molecule has 0 saturated heterocycles. The fourth-order valence-corrected chi connectivity index (χ4v) is 2.12. The number of carbonyl (C=O) groups is 1. The lowest BCUT2D eigenvalue weighted by molar-refractivity contribution is -0.116. The topological polar surface area (TPSA) is 49.3 Å². The van der Waals surface area contributed by atoms with Crippen LogP contribution in [-0.2, 0) is 4.79 Å². The van der Waals surface area contributed by atoms with Crippen molar-refractivity contribution in [1.82, 2.24) is 5.32 Å². The number of hydrogen-bond acceptors (Lipinski definition) is 2. The van der Waals surface area contributed by atoms with Crippen LogP contribution in [0.2, 0.25) is 0 Å². The number of hydrogen-bond donors (Lipinski definition) is 2. The van der Waals surface area contributed by atoms with E-state index in [0.717, 1.165) is 25.7 Å². The highest BCUT2D eigenvalue weighted by Crippen LogP contribution is 2.35. The van der Waals surface area contributed by atoms with Gasteiger partial charge in [-0.25, -0.2) is 0 Å². The van der Waals surface area contributed by atoms with Crippen molar-refractivity contribution in [3.05, 3.63) is 0 Å². The monoisotopic (exact) mass is 209 g/mol. The van der Waals surface area contributed by atoms with Gasteiger partial charge in [-0.2, -0.15) is 0 Å². The van der Waals surface area contributed by atoms with Crippen LogP contribution in [0.1, 0.15) is 39.0 Å². The third-order valence-electron chi connectivity index (χ3n) is 3.11. The van der Waals surface area contributed by atoms with Crippen molar-refractivity contribution < 1.29 is 9.90 Å². The molecule has 0 atom stereocenters. The van der Waals surface area contributed by atoms with Gasteiger partial charge in [0.1, 0.15) is 0 Å². The first-order chi connectivity index (χ1) is 7.22. The zero-order chi connectivity index (χ0) is 11.1. The van der Waals surface area contributed by atoms with Gasteiger partial charge >= 0.3 is 0 Å². The molecule has 0 aromatic heterocycles. The average Bonchev–Trinajstić information content (AvgIpc) is 2.28. The number of carbonyl (C=O) groups excluding carboxylic acids is 1. The zero-order valence-corrected chi connectivity index (χ0v) is 9.31. The first-order valence-electron chi connectivity index (χ1n) is 5.54. The van der Waals surface area contributed by atoms with Gasteiger partial charge in [0.15, 0.2) is 0 Å². The van der Waals surface area contributed by atoms with Crippen molar-refractivity contribution in [1.29, 1.82) is 0 Å². The number of aliphatic hydroxyl groups is 1. The van der Waals surface area contributed by atoms with Crippen LogP contribution in [0.5, 0.6) is 0 Å². The molecule has 0 bridgehead atoms. The van der Waals surface area contributed by atoms with E-state index in [0.29, 0.717) is 6.54 Å². The van der Waals surface area contributed by atoms with Gasteiger partial charge < -0.3 is 10.4 Å². The summed E-state index contributed by atoms with van der Waals surface area (Å²) >= 11 is 0. The van der Waals surface area contributed by atoms with E-state index in [1.54, 1.807) is 6.92 Å². The Hall–Kier alpha value is -1.01. The Labute approximate surface area is 91.3 Å². The van der Waals surface area contributed by atoms with Crippen LogP contribution in [0.4, 0.5) is 0 Å². The highest BCUT2D eigenvalue weighted by molar-refractivity contribution is 5.93. The third-order valence-corrected chi connectivity index (χ3v) is 3.11. The molecule has 0 aliphatic heterocycles. The van der Waals surface area contributed by atoms with Crippen LogP contribution in [0.15, 0.2) is 0 Å². The maximum absolute atomic E-state index is 11.2. The van der Waals surface area contributed by atoms with E-state index in [2.05, 4.69) is 17.2 Å². The molecule has 0 heterocycles. The largest absolute Gasteiger partial charge is 0.396 e. The van der Waals surface area contributed by atoms with Gasteiger partial charge in [0.25, 0.3) is 5.91 Å². The van der Waals surface area contributed by atoms with Gasteiger partial charge in [0.05, 0.1) is 6.61 Å². The first-order valence-corrected chi connectivity index (χ1v) is 5.54. The zero-order valence-electron chi connectivity index (χ0n) is 9.31. The molecule has 1 saturated carbocycles. The summed E-state index contributed by atoms with van der Waals surface area (Å²) in [6.45, 7) is 2.35. The SMILES string of the molecule is CC#CC(=O)NCC1(CO)CCCCC1. The van der Waals surface area contributed by atoms with Gasteiger partial charge in [-0.05, 0) is 25.7 Å². The van der Waals surface area contributed by atoms with Crippen molar-refractivity contribution in [3.8, 4) is 11.8 Å². The molecule has 3 heteroatoms. The normalized spacial score (nSPS) is 18.8. The lowest BCUT2D eigenvalue weighted by Crippen LogP contribution is -2.41. The summed E-state index contributed by atoms with van der Waals surface area (Å²) in [4.78, 5) is 11.2. The second kappa shape index (κ2) is 5.77. The fourth-order valence-electron chi connectivity index (χ4n) is 2.12. The number of nitrogens with one attached hydrogen (secondary N) is 1. The minimum absolute atomic E-state index is 0.0939. The molecule has 0 aromatic rings. The third kappa shape index (κ3) is 3.56. The Kier molecular flexibility index (Phi) is 4.64. The second-order valence-corrected chi connectivity index (χ2v) is 4.28. The van der Waals surface area contributed by atoms with Crippen molar-refractivity contribution in [2.45, 2.75) is 39.0 Å². The first kappa shape index (κ1) is 12.1. The standard InChI is InChI=1S/C12H19NO2/c1-2-6-11(15)13-9-12(10-14)7-4-3-5-8-12/h14H,3-5,7-10H2,1H3,(H,13,15). The van der Waals surface area contributed by atoms with E-state index in [1.165, 1.54) is 6.42 Å². The van der Waals surface area contributed by atoms with E-state index in [4.69, 9.17) is 0 Å². The number of rotatable bonds is 3. The smallest absolute Gasteiger partial charge is 0.295 e. The molecule has 1 aliphatic carbocycles. The molecule has 0 unspecified atom stereocenters. The van der Waals surface area contributed by atoms with E-state index in [9.17, 15) is 9.90 Å².